The monoisotopic (exact) mass is 644 g/mol. The lowest BCUT2D eigenvalue weighted by Gasteiger charge is -2.22. The summed E-state index contributed by atoms with van der Waals surface area (Å²) >= 11 is 0. The first kappa shape index (κ1) is 29.4. The van der Waals surface area contributed by atoms with Crippen LogP contribution in [0.4, 0.5) is 0 Å². The molecule has 7 aromatic carbocycles. The number of fused-ring (bicyclic) bond motifs is 6. The Balaban J connectivity index is 1.43. The van der Waals surface area contributed by atoms with Crippen molar-refractivity contribution in [3.8, 4) is 22.5 Å². The molecule has 0 N–H and O–H groups in total. The Bertz CT molecular complexity index is 2620. The molecule has 0 aliphatic rings. The molecule has 0 aliphatic carbocycles. The number of hydrogen-bond acceptors (Lipinski definition) is 2. The number of aromatic nitrogens is 2. The molecule has 2 nitrogen and oxygen atoms in total. The smallest absolute Gasteiger partial charge is 0.0791 e. The highest BCUT2D eigenvalue weighted by Crippen LogP contribution is 2.45. The van der Waals surface area contributed by atoms with Gasteiger partial charge in [0.05, 0.1) is 22.4 Å². The highest BCUT2D eigenvalue weighted by atomic mass is 31.1. The van der Waals surface area contributed by atoms with Gasteiger partial charge in [-0.1, -0.05) is 152 Å². The van der Waals surface area contributed by atoms with E-state index in [-0.39, 0.29) is 0 Å². The van der Waals surface area contributed by atoms with E-state index < -0.39 is 7.92 Å². The van der Waals surface area contributed by atoms with Crippen LogP contribution in [0.1, 0.15) is 11.1 Å². The van der Waals surface area contributed by atoms with Crippen molar-refractivity contribution in [2.75, 3.05) is 0 Å². The van der Waals surface area contributed by atoms with E-state index in [1.807, 2.05) is 0 Å². The lowest BCUT2D eigenvalue weighted by molar-refractivity contribution is 1.39. The molecule has 9 aromatic rings. The molecule has 3 heteroatoms. The van der Waals surface area contributed by atoms with Gasteiger partial charge in [-0.25, -0.2) is 9.97 Å². The molecule has 49 heavy (non-hydrogen) atoms. The predicted octanol–water partition coefficient (Wildman–Crippen LogP) is 10.8. The van der Waals surface area contributed by atoms with Crippen molar-refractivity contribution < 1.29 is 0 Å². The Hall–Kier alpha value is -5.69. The van der Waals surface area contributed by atoms with Crippen LogP contribution >= 0.6 is 7.92 Å². The van der Waals surface area contributed by atoms with Crippen molar-refractivity contribution in [3.05, 3.63) is 175 Å². The van der Waals surface area contributed by atoms with E-state index in [0.29, 0.717) is 0 Å². The van der Waals surface area contributed by atoms with E-state index in [4.69, 9.17) is 9.97 Å². The fraction of sp³-hybridized carbons (Fsp3) is 0.0435. The summed E-state index contributed by atoms with van der Waals surface area (Å²) in [5.74, 6) is 0. The summed E-state index contributed by atoms with van der Waals surface area (Å²) in [7, 11) is -0.774. The summed E-state index contributed by atoms with van der Waals surface area (Å²) in [6.07, 6.45) is 0. The normalized spacial score (nSPS) is 11.7. The van der Waals surface area contributed by atoms with Crippen LogP contribution in [-0.4, -0.2) is 9.97 Å². The molecule has 0 unspecified atom stereocenters. The van der Waals surface area contributed by atoms with E-state index in [2.05, 4.69) is 178 Å². The molecule has 0 saturated carbocycles. The lowest BCUT2D eigenvalue weighted by atomic mass is 9.86. The van der Waals surface area contributed by atoms with Gasteiger partial charge in [-0.05, 0) is 71.7 Å². The minimum absolute atomic E-state index is 0.774. The first-order valence-electron chi connectivity index (χ1n) is 16.8. The number of pyridine rings is 2. The average Bonchev–Trinajstić information content (AvgIpc) is 3.17. The molecule has 0 fully saturated rings. The minimum Gasteiger partial charge on any atom is -0.247 e. The van der Waals surface area contributed by atoms with Crippen molar-refractivity contribution in [3.63, 3.8) is 0 Å². The number of aryl methyl sites for hydroxylation is 2. The maximum absolute atomic E-state index is 5.57. The summed E-state index contributed by atoms with van der Waals surface area (Å²) in [4.78, 5) is 10.9. The molecule has 232 valence electrons. The van der Waals surface area contributed by atoms with Gasteiger partial charge in [-0.15, -0.1) is 0 Å². The molecule has 2 heterocycles. The first-order chi connectivity index (χ1) is 24.2. The third-order valence-corrected chi connectivity index (χ3v) is 12.2. The summed E-state index contributed by atoms with van der Waals surface area (Å²) in [5, 5.41) is 11.2. The molecule has 0 aliphatic heterocycles. The van der Waals surface area contributed by atoms with Gasteiger partial charge >= 0.3 is 0 Å². The van der Waals surface area contributed by atoms with Crippen LogP contribution in [0.5, 0.6) is 0 Å². The SMILES string of the molecule is Cc1c2c(-c3ccccc3)nc3cc(P(c4ccccc4)c4ccccc4)ccc3c2c(C)c2c(-c3ccccc3)nc3ccccc3c12. The van der Waals surface area contributed by atoms with Crippen molar-refractivity contribution in [1.82, 2.24) is 9.97 Å². The van der Waals surface area contributed by atoms with Gasteiger partial charge in [0.25, 0.3) is 0 Å². The third-order valence-electron chi connectivity index (χ3n) is 9.74. The van der Waals surface area contributed by atoms with E-state index in [0.717, 1.165) is 33.5 Å². The van der Waals surface area contributed by atoms with Gasteiger partial charge in [0.2, 0.25) is 0 Å². The van der Waals surface area contributed by atoms with E-state index in [1.54, 1.807) is 0 Å². The Kier molecular flexibility index (Phi) is 7.26. The van der Waals surface area contributed by atoms with Gasteiger partial charge in [0.15, 0.2) is 0 Å². The topological polar surface area (TPSA) is 25.8 Å². The first-order valence-corrected chi connectivity index (χ1v) is 18.1. The molecular weight excluding hydrogens is 611 g/mol. The van der Waals surface area contributed by atoms with Crippen molar-refractivity contribution >= 4 is 67.2 Å². The molecule has 2 aromatic heterocycles. The highest BCUT2D eigenvalue weighted by Gasteiger charge is 2.24. The third kappa shape index (κ3) is 4.91. The summed E-state index contributed by atoms with van der Waals surface area (Å²) in [6.45, 7) is 4.57. The van der Waals surface area contributed by atoms with E-state index in [1.165, 1.54) is 59.4 Å². The van der Waals surface area contributed by atoms with Crippen molar-refractivity contribution in [2.45, 2.75) is 13.8 Å². The Morgan fingerprint density at radius 2 is 0.796 bits per heavy atom. The number of para-hydroxylation sites is 1. The number of hydrogen-bond donors (Lipinski definition) is 0. The summed E-state index contributed by atoms with van der Waals surface area (Å²) < 4.78 is 0. The van der Waals surface area contributed by atoms with E-state index in [9.17, 15) is 0 Å². The van der Waals surface area contributed by atoms with Crippen LogP contribution in [0, 0.1) is 13.8 Å². The second-order valence-corrected chi connectivity index (χ2v) is 14.8. The zero-order valence-corrected chi connectivity index (χ0v) is 28.3. The van der Waals surface area contributed by atoms with Crippen LogP contribution in [0.25, 0.3) is 65.9 Å². The fourth-order valence-electron chi connectivity index (χ4n) is 7.57. The molecule has 0 spiro atoms. The molecular formula is C46H33N2P. The van der Waals surface area contributed by atoms with Crippen molar-refractivity contribution in [1.29, 1.82) is 0 Å². The average molecular weight is 645 g/mol. The second-order valence-electron chi connectivity index (χ2n) is 12.6. The number of nitrogens with zero attached hydrogens (tertiary/aromatic N) is 2. The standard InChI is InChI=1S/C46H33N2P/c1-30-41-37-25-15-16-26-39(37)47-45(32-17-7-3-8-18-32)43(41)31(2)42-38-28-27-36(29-40(38)48-46(44(30)42)33-19-9-4-10-20-33)49(34-21-11-5-12-22-34)35-23-13-6-14-24-35/h3-29H,1-2H3. The quantitative estimate of drug-likeness (QED) is 0.106. The zero-order chi connectivity index (χ0) is 32.9. The molecule has 0 radical (unpaired) electrons. The van der Waals surface area contributed by atoms with Crippen LogP contribution in [0.15, 0.2) is 164 Å². The maximum atomic E-state index is 5.57. The highest BCUT2D eigenvalue weighted by molar-refractivity contribution is 7.79. The molecule has 0 atom stereocenters. The molecule has 0 bridgehead atoms. The largest absolute Gasteiger partial charge is 0.247 e. The van der Waals surface area contributed by atoms with Crippen LogP contribution < -0.4 is 15.9 Å². The van der Waals surface area contributed by atoms with Crippen molar-refractivity contribution in [2.24, 2.45) is 0 Å². The second kappa shape index (κ2) is 12.1. The van der Waals surface area contributed by atoms with E-state index >= 15 is 0 Å². The molecule has 0 saturated heterocycles. The Morgan fingerprint density at radius 1 is 0.367 bits per heavy atom. The Labute approximate surface area is 287 Å². The maximum Gasteiger partial charge on any atom is 0.0791 e. The van der Waals surface area contributed by atoms with Gasteiger partial charge < -0.3 is 0 Å². The lowest BCUT2D eigenvalue weighted by Crippen LogP contribution is -2.20. The number of benzene rings is 7. The predicted molar refractivity (Wildman–Crippen MR) is 211 cm³/mol. The van der Waals surface area contributed by atoms with Gasteiger partial charge in [0.1, 0.15) is 0 Å². The minimum atomic E-state index is -0.774. The molecule has 0 amide bonds. The Morgan fingerprint density at radius 3 is 1.33 bits per heavy atom. The zero-order valence-electron chi connectivity index (χ0n) is 27.4. The molecule has 9 rings (SSSR count). The summed E-state index contributed by atoms with van der Waals surface area (Å²) in [5.41, 5.74) is 8.78. The summed E-state index contributed by atoms with van der Waals surface area (Å²) in [6, 6.07) is 58.7. The van der Waals surface area contributed by atoms with Gasteiger partial charge in [0, 0.05) is 32.7 Å². The van der Waals surface area contributed by atoms with Crippen LogP contribution in [-0.2, 0) is 0 Å². The van der Waals surface area contributed by atoms with Crippen LogP contribution in [0.2, 0.25) is 0 Å². The number of rotatable bonds is 5. The van der Waals surface area contributed by atoms with Gasteiger partial charge in [-0.3, -0.25) is 0 Å². The fourth-order valence-corrected chi connectivity index (χ4v) is 9.88. The van der Waals surface area contributed by atoms with Crippen LogP contribution in [0.3, 0.4) is 0 Å². The van der Waals surface area contributed by atoms with Gasteiger partial charge in [-0.2, -0.15) is 0 Å².